The van der Waals surface area contributed by atoms with E-state index in [2.05, 4.69) is 4.98 Å². The first-order chi connectivity index (χ1) is 8.99. The zero-order valence-corrected chi connectivity index (χ0v) is 10.8. The minimum absolute atomic E-state index is 0.159. The van der Waals surface area contributed by atoms with Crippen LogP contribution in [0.1, 0.15) is 17.1 Å². The first-order valence-electron chi connectivity index (χ1n) is 5.68. The highest BCUT2D eigenvalue weighted by Gasteiger charge is 2.35. The van der Waals surface area contributed by atoms with E-state index in [-0.39, 0.29) is 13.0 Å². The van der Waals surface area contributed by atoms with Crippen molar-refractivity contribution in [3.8, 4) is 0 Å². The van der Waals surface area contributed by atoms with Crippen LogP contribution in [-0.4, -0.2) is 17.3 Å². The lowest BCUT2D eigenvalue weighted by molar-refractivity contribution is -0.0981. The zero-order chi connectivity index (χ0) is 13.9. The van der Waals surface area contributed by atoms with Gasteiger partial charge in [-0.15, -0.1) is 11.3 Å². The molecule has 0 amide bonds. The van der Waals surface area contributed by atoms with Gasteiger partial charge in [-0.25, -0.2) is 4.98 Å². The Morgan fingerprint density at radius 3 is 2.89 bits per heavy atom. The molecule has 0 aromatic carbocycles. The summed E-state index contributed by atoms with van der Waals surface area (Å²) >= 11 is 1.42. The number of aromatic nitrogens is 1. The van der Waals surface area contributed by atoms with E-state index in [4.69, 9.17) is 10.5 Å². The molecule has 1 unspecified atom stereocenters. The fourth-order valence-electron chi connectivity index (χ4n) is 1.67. The summed E-state index contributed by atoms with van der Waals surface area (Å²) in [5, 5.41) is 2.59. The normalized spacial score (nSPS) is 19.6. The van der Waals surface area contributed by atoms with Gasteiger partial charge in [0.25, 0.3) is 0 Å². The van der Waals surface area contributed by atoms with Crippen LogP contribution in [-0.2, 0) is 17.9 Å². The number of hydrogen-bond acceptors (Lipinski definition) is 4. The molecule has 0 saturated heterocycles. The van der Waals surface area contributed by atoms with Gasteiger partial charge >= 0.3 is 6.18 Å². The fraction of sp³-hybridized carbons (Fsp3) is 0.417. The Balaban J connectivity index is 1.88. The Morgan fingerprint density at radius 1 is 1.47 bits per heavy atom. The van der Waals surface area contributed by atoms with Crippen molar-refractivity contribution in [3.05, 3.63) is 39.9 Å². The van der Waals surface area contributed by atoms with Crippen LogP contribution in [0.5, 0.6) is 0 Å². The first-order valence-corrected chi connectivity index (χ1v) is 6.56. The highest BCUT2D eigenvalue weighted by atomic mass is 32.1. The van der Waals surface area contributed by atoms with E-state index in [1.54, 1.807) is 11.5 Å². The summed E-state index contributed by atoms with van der Waals surface area (Å²) in [6.45, 7) is 0.547. The average Bonchev–Trinajstić information content (AvgIpc) is 2.84. The van der Waals surface area contributed by atoms with Gasteiger partial charge in [-0.1, -0.05) is 18.2 Å². The van der Waals surface area contributed by atoms with Gasteiger partial charge in [0, 0.05) is 23.9 Å². The maximum Gasteiger partial charge on any atom is 0.412 e. The lowest BCUT2D eigenvalue weighted by atomic mass is 10.0. The molecule has 1 aliphatic rings. The lowest BCUT2D eigenvalue weighted by Crippen LogP contribution is -2.21. The number of nitrogens with zero attached hydrogens (tertiary/aromatic N) is 1. The number of alkyl halides is 3. The molecule has 0 bridgehead atoms. The van der Waals surface area contributed by atoms with Crippen LogP contribution in [0, 0.1) is 0 Å². The summed E-state index contributed by atoms with van der Waals surface area (Å²) < 4.78 is 43.1. The molecule has 2 N–H and O–H groups in total. The molecule has 1 aromatic heterocycles. The second-order valence-electron chi connectivity index (χ2n) is 4.06. The van der Waals surface area contributed by atoms with E-state index in [0.29, 0.717) is 12.2 Å². The van der Waals surface area contributed by atoms with E-state index in [0.717, 1.165) is 11.1 Å². The van der Waals surface area contributed by atoms with E-state index in [1.807, 2.05) is 0 Å². The topological polar surface area (TPSA) is 48.1 Å². The van der Waals surface area contributed by atoms with Crippen LogP contribution >= 0.6 is 11.3 Å². The van der Waals surface area contributed by atoms with Crippen molar-refractivity contribution in [1.82, 2.24) is 4.98 Å². The summed E-state index contributed by atoms with van der Waals surface area (Å²) in [4.78, 5) is 4.19. The maximum atomic E-state index is 12.5. The average molecular weight is 290 g/mol. The number of halogens is 3. The van der Waals surface area contributed by atoms with E-state index in [9.17, 15) is 13.2 Å². The summed E-state index contributed by atoms with van der Waals surface area (Å²) in [5.41, 5.74) is 5.56. The molecular weight excluding hydrogens is 277 g/mol. The molecule has 19 heavy (non-hydrogen) atoms. The Hall–Kier alpha value is -1.18. The number of ether oxygens (including phenoxy) is 1. The summed E-state index contributed by atoms with van der Waals surface area (Å²) in [6, 6.07) is 0. The highest BCUT2D eigenvalue weighted by Crippen LogP contribution is 2.32. The predicted molar refractivity (Wildman–Crippen MR) is 66.5 cm³/mol. The minimum atomic E-state index is -4.29. The van der Waals surface area contributed by atoms with Crippen LogP contribution in [0.2, 0.25) is 0 Å². The second-order valence-corrected chi connectivity index (χ2v) is 5.01. The van der Waals surface area contributed by atoms with Gasteiger partial charge < -0.3 is 10.5 Å². The third-order valence-corrected chi connectivity index (χ3v) is 3.55. The number of nitrogens with two attached hydrogens (primary N) is 1. The van der Waals surface area contributed by atoms with Crippen LogP contribution in [0.4, 0.5) is 13.2 Å². The molecule has 1 heterocycles. The van der Waals surface area contributed by atoms with Gasteiger partial charge in [0.2, 0.25) is 0 Å². The molecule has 0 aliphatic heterocycles. The Labute approximate surface area is 112 Å². The number of allylic oxidation sites excluding steroid dienone is 2. The van der Waals surface area contributed by atoms with E-state index >= 15 is 0 Å². The monoisotopic (exact) mass is 290 g/mol. The Bertz CT molecular complexity index is 493. The molecule has 1 aromatic rings. The number of hydrogen-bond donors (Lipinski definition) is 1. The molecule has 0 spiro atoms. The number of rotatable bonds is 4. The van der Waals surface area contributed by atoms with Gasteiger partial charge in [0.15, 0.2) is 0 Å². The molecular formula is C12H13F3N2OS. The van der Waals surface area contributed by atoms with Crippen molar-refractivity contribution in [3.63, 3.8) is 0 Å². The third kappa shape index (κ3) is 3.89. The Morgan fingerprint density at radius 2 is 2.26 bits per heavy atom. The van der Waals surface area contributed by atoms with Crippen LogP contribution < -0.4 is 5.73 Å². The molecule has 1 aliphatic carbocycles. The van der Waals surface area contributed by atoms with Crippen molar-refractivity contribution < 1.29 is 17.9 Å². The quantitative estimate of drug-likeness (QED) is 0.927. The second kappa shape index (κ2) is 5.85. The van der Waals surface area contributed by atoms with Crippen molar-refractivity contribution in [2.45, 2.75) is 31.9 Å². The first kappa shape index (κ1) is 14.2. The zero-order valence-electron chi connectivity index (χ0n) is 9.98. The van der Waals surface area contributed by atoms with Gasteiger partial charge in [-0.3, -0.25) is 0 Å². The third-order valence-electron chi connectivity index (χ3n) is 2.63. The molecule has 0 saturated carbocycles. The van der Waals surface area contributed by atoms with E-state index < -0.39 is 17.9 Å². The molecule has 1 atom stereocenters. The van der Waals surface area contributed by atoms with Gasteiger partial charge in [-0.2, -0.15) is 13.2 Å². The molecule has 104 valence electrons. The fourth-order valence-corrected chi connectivity index (χ4v) is 2.33. The van der Waals surface area contributed by atoms with Crippen LogP contribution in [0.3, 0.4) is 0 Å². The summed E-state index contributed by atoms with van der Waals surface area (Å²) in [7, 11) is 0. The minimum Gasteiger partial charge on any atom is -0.367 e. The summed E-state index contributed by atoms with van der Waals surface area (Å²) in [6.07, 6.45) is -0.942. The molecule has 7 heteroatoms. The highest BCUT2D eigenvalue weighted by molar-refractivity contribution is 7.09. The summed E-state index contributed by atoms with van der Waals surface area (Å²) in [5.74, 6) is 0. The van der Waals surface area contributed by atoms with Crippen molar-refractivity contribution in [1.29, 1.82) is 0 Å². The van der Waals surface area contributed by atoms with Crippen molar-refractivity contribution in [2.24, 2.45) is 5.73 Å². The SMILES string of the molecule is NCc1nc(COC2C=CC=C(C(F)(F)F)C2)cs1. The number of thiazole rings is 1. The van der Waals surface area contributed by atoms with Gasteiger partial charge in [-0.05, 0) is 0 Å². The molecule has 0 radical (unpaired) electrons. The van der Waals surface area contributed by atoms with Crippen LogP contribution in [0.15, 0.2) is 29.2 Å². The Kier molecular flexibility index (Phi) is 4.38. The largest absolute Gasteiger partial charge is 0.412 e. The smallest absolute Gasteiger partial charge is 0.367 e. The predicted octanol–water partition coefficient (Wildman–Crippen LogP) is 2.94. The molecule has 2 rings (SSSR count). The van der Waals surface area contributed by atoms with Gasteiger partial charge in [0.05, 0.1) is 18.4 Å². The molecule has 3 nitrogen and oxygen atoms in total. The van der Waals surface area contributed by atoms with Crippen LogP contribution in [0.25, 0.3) is 0 Å². The van der Waals surface area contributed by atoms with Crippen molar-refractivity contribution in [2.75, 3.05) is 0 Å². The molecule has 0 fully saturated rings. The maximum absolute atomic E-state index is 12.5. The standard InChI is InChI=1S/C12H13F3N2OS/c13-12(14,15)8-2-1-3-10(4-8)18-6-9-7-19-11(5-16)17-9/h1-3,7,10H,4-6,16H2. The van der Waals surface area contributed by atoms with Gasteiger partial charge in [0.1, 0.15) is 5.01 Å². The van der Waals surface area contributed by atoms with Crippen molar-refractivity contribution >= 4 is 11.3 Å². The van der Waals surface area contributed by atoms with E-state index in [1.165, 1.54) is 17.4 Å². The lowest BCUT2D eigenvalue weighted by Gasteiger charge is -2.20.